The van der Waals surface area contributed by atoms with Crippen LogP contribution in [0.25, 0.3) is 0 Å². The molecule has 4 aliphatic rings. The smallest absolute Gasteiger partial charge is 0.306 e. The summed E-state index contributed by atoms with van der Waals surface area (Å²) in [7, 11) is 0. The summed E-state index contributed by atoms with van der Waals surface area (Å²) in [5.74, 6) is -1.09. The minimum Gasteiger partial charge on any atom is -0.460 e. The lowest BCUT2D eigenvalue weighted by Crippen LogP contribution is -2.68. The molecule has 0 heterocycles. The number of esters is 1. The Morgan fingerprint density at radius 3 is 2.45 bits per heavy atom. The third kappa shape index (κ3) is 2.86. The van der Waals surface area contributed by atoms with Gasteiger partial charge in [-0.15, -0.1) is 0 Å². The largest absolute Gasteiger partial charge is 0.460 e. The first kappa shape index (κ1) is 22.4. The summed E-state index contributed by atoms with van der Waals surface area (Å²) in [5.41, 5.74) is -1.64. The van der Waals surface area contributed by atoms with E-state index in [1.54, 1.807) is 0 Å². The van der Waals surface area contributed by atoms with Gasteiger partial charge in [0.25, 0.3) is 0 Å². The van der Waals surface area contributed by atoms with Gasteiger partial charge in [-0.3, -0.25) is 14.4 Å². The van der Waals surface area contributed by atoms with Gasteiger partial charge in [0.15, 0.2) is 5.78 Å². The van der Waals surface area contributed by atoms with Crippen molar-refractivity contribution in [3.8, 4) is 0 Å². The van der Waals surface area contributed by atoms with Gasteiger partial charge < -0.3 is 14.6 Å². The number of hydrogen-bond acceptors (Lipinski definition) is 6. The first-order chi connectivity index (χ1) is 14.4. The number of carbonyl (C=O) groups is 4. The van der Waals surface area contributed by atoms with E-state index in [4.69, 9.17) is 4.74 Å². The number of ketones is 3. The summed E-state index contributed by atoms with van der Waals surface area (Å²) in [6.07, 6.45) is 1.20. The molecule has 170 valence electrons. The van der Waals surface area contributed by atoms with Crippen molar-refractivity contribution in [1.82, 2.24) is 0 Å². The van der Waals surface area contributed by atoms with Gasteiger partial charge in [-0.1, -0.05) is 27.4 Å². The molecule has 0 aromatic heterocycles. The average Bonchev–Trinajstić information content (AvgIpc) is 2.81. The maximum atomic E-state index is 13.7. The van der Waals surface area contributed by atoms with Crippen LogP contribution in [0, 0.1) is 34.0 Å². The number of Topliss-reactive ketones (excluding diaryl/α,β-unsaturated/α-hetero) is 3. The quantitative estimate of drug-likeness (QED) is 0.543. The van der Waals surface area contributed by atoms with Crippen molar-refractivity contribution >= 4 is 23.3 Å². The third-order valence-electron chi connectivity index (χ3n) is 9.33. The number of aliphatic hydroxyl groups excluding tert-OH is 1. The number of aliphatic hydroxyl groups is 1. The minimum atomic E-state index is -1.20. The Labute approximate surface area is 183 Å². The Morgan fingerprint density at radius 1 is 1.13 bits per heavy atom. The lowest BCUT2D eigenvalue weighted by molar-refractivity contribution is -0.229. The van der Waals surface area contributed by atoms with Crippen molar-refractivity contribution in [2.45, 2.75) is 84.8 Å². The highest BCUT2D eigenvalue weighted by molar-refractivity contribution is 6.05. The lowest BCUT2D eigenvalue weighted by atomic mass is 9.39. The molecule has 2 bridgehead atoms. The van der Waals surface area contributed by atoms with Crippen molar-refractivity contribution in [2.75, 3.05) is 0 Å². The van der Waals surface area contributed by atoms with Crippen LogP contribution in [-0.2, 0) is 23.9 Å². The summed E-state index contributed by atoms with van der Waals surface area (Å²) in [6.45, 7) is 11.5. The molecule has 4 fully saturated rings. The number of carbonyl (C=O) groups excluding carboxylic acids is 4. The highest BCUT2D eigenvalue weighted by Gasteiger charge is 2.75. The van der Waals surface area contributed by atoms with Gasteiger partial charge in [-0.05, 0) is 55.4 Å². The van der Waals surface area contributed by atoms with Crippen LogP contribution in [0.4, 0.5) is 0 Å². The predicted molar refractivity (Wildman–Crippen MR) is 113 cm³/mol. The Morgan fingerprint density at radius 2 is 1.81 bits per heavy atom. The molecule has 4 aliphatic carbocycles. The normalized spacial score (nSPS) is 43.3. The van der Waals surface area contributed by atoms with Gasteiger partial charge in [0, 0.05) is 24.2 Å². The molecule has 0 radical (unpaired) electrons. The Balaban J connectivity index is 1.76. The first-order valence-electron chi connectivity index (χ1n) is 11.5. The number of ether oxygens (including phenoxy) is 1. The van der Waals surface area contributed by atoms with Crippen LogP contribution in [0.5, 0.6) is 0 Å². The zero-order valence-electron chi connectivity index (χ0n) is 19.0. The summed E-state index contributed by atoms with van der Waals surface area (Å²) < 4.78 is 5.90. The lowest BCUT2D eigenvalue weighted by Gasteiger charge is -2.64. The van der Waals surface area contributed by atoms with E-state index in [0.29, 0.717) is 31.3 Å². The van der Waals surface area contributed by atoms with Gasteiger partial charge in [-0.2, -0.15) is 0 Å². The molecule has 0 unspecified atom stereocenters. The molecule has 6 nitrogen and oxygen atoms in total. The van der Waals surface area contributed by atoms with Gasteiger partial charge in [0.1, 0.15) is 17.7 Å². The second kappa shape index (κ2) is 7.09. The topological polar surface area (TPSA) is 97.7 Å². The van der Waals surface area contributed by atoms with Gasteiger partial charge >= 0.3 is 5.97 Å². The highest BCUT2D eigenvalue weighted by Crippen LogP contribution is 2.71. The fourth-order valence-corrected chi connectivity index (χ4v) is 7.76. The molecular weight excluding hydrogens is 396 g/mol. The molecule has 6 heteroatoms. The third-order valence-corrected chi connectivity index (χ3v) is 9.33. The zero-order chi connectivity index (χ0) is 22.9. The molecule has 0 amide bonds. The number of rotatable bonds is 4. The maximum absolute atomic E-state index is 13.7. The Kier molecular flexibility index (Phi) is 5.12. The standard InChI is InChI=1S/C25H34O6/c1-13(26)6-9-20(29)31-22-15-7-8-16-24(5)11-10-18(27)23(3,4)17(24)12-19(28)25(16,22)21(30)14(15)2/h15-17,19,22,28H,2,6-12H2,1,3-5H3/t15-,16-,17+,19+,22+,24-,25-/m0/s1. The average molecular weight is 431 g/mol. The summed E-state index contributed by atoms with van der Waals surface area (Å²) >= 11 is 0. The van der Waals surface area contributed by atoms with E-state index in [-0.39, 0.29) is 53.4 Å². The van der Waals surface area contributed by atoms with Crippen molar-refractivity contribution in [2.24, 2.45) is 34.0 Å². The van der Waals surface area contributed by atoms with E-state index in [1.807, 2.05) is 13.8 Å². The zero-order valence-corrected chi connectivity index (χ0v) is 19.0. The van der Waals surface area contributed by atoms with Crippen LogP contribution in [0.2, 0.25) is 0 Å². The van der Waals surface area contributed by atoms with E-state index in [0.717, 1.165) is 6.42 Å². The molecule has 1 N–H and O–H groups in total. The van der Waals surface area contributed by atoms with E-state index in [9.17, 15) is 24.3 Å². The number of hydrogen-bond donors (Lipinski definition) is 1. The summed E-state index contributed by atoms with van der Waals surface area (Å²) in [5, 5.41) is 11.5. The van der Waals surface area contributed by atoms with Crippen LogP contribution >= 0.6 is 0 Å². The maximum Gasteiger partial charge on any atom is 0.306 e. The fraction of sp³-hybridized carbons (Fsp3) is 0.760. The van der Waals surface area contributed by atoms with Crippen molar-refractivity contribution in [3.63, 3.8) is 0 Å². The van der Waals surface area contributed by atoms with Crippen LogP contribution in [0.3, 0.4) is 0 Å². The van der Waals surface area contributed by atoms with E-state index >= 15 is 0 Å². The SMILES string of the molecule is C=C1C(=O)[C@@]23[C@H](O)C[C@@H]4C(C)(C)C(=O)CC[C@@]4(C)[C@@H]2CC[C@@H]1[C@H]3OC(=O)CCC(C)=O. The fourth-order valence-electron chi connectivity index (χ4n) is 7.76. The molecule has 0 aromatic carbocycles. The van der Waals surface area contributed by atoms with Crippen LogP contribution in [0.1, 0.15) is 72.6 Å². The van der Waals surface area contributed by atoms with Gasteiger partial charge in [0.2, 0.25) is 0 Å². The molecule has 1 spiro atoms. The van der Waals surface area contributed by atoms with Gasteiger partial charge in [-0.25, -0.2) is 0 Å². The molecule has 0 saturated heterocycles. The summed E-state index contributed by atoms with van der Waals surface area (Å²) in [6, 6.07) is 0. The monoisotopic (exact) mass is 430 g/mol. The van der Waals surface area contributed by atoms with Crippen LogP contribution in [-0.4, -0.2) is 40.6 Å². The number of fused-ring (bicyclic) bond motifs is 3. The van der Waals surface area contributed by atoms with E-state index in [1.165, 1.54) is 6.92 Å². The molecule has 0 aromatic rings. The first-order valence-corrected chi connectivity index (χ1v) is 11.5. The molecule has 4 rings (SSSR count). The van der Waals surface area contributed by atoms with Crippen molar-refractivity contribution in [1.29, 1.82) is 0 Å². The van der Waals surface area contributed by atoms with E-state index < -0.39 is 29.0 Å². The summed E-state index contributed by atoms with van der Waals surface area (Å²) in [4.78, 5) is 50.3. The second-order valence-corrected chi connectivity index (χ2v) is 11.1. The van der Waals surface area contributed by atoms with E-state index in [2.05, 4.69) is 13.5 Å². The predicted octanol–water partition coefficient (Wildman–Crippen LogP) is 3.20. The minimum absolute atomic E-state index is 0.0303. The van der Waals surface area contributed by atoms with Gasteiger partial charge in [0.05, 0.1) is 17.9 Å². The molecular formula is C25H34O6. The molecule has 4 saturated carbocycles. The van der Waals surface area contributed by atoms with Crippen LogP contribution in [0.15, 0.2) is 12.2 Å². The van der Waals surface area contributed by atoms with Crippen molar-refractivity contribution in [3.05, 3.63) is 12.2 Å². The Hall–Kier alpha value is -1.82. The molecule has 7 atom stereocenters. The molecule has 0 aliphatic heterocycles. The Bertz CT molecular complexity index is 871. The van der Waals surface area contributed by atoms with Crippen molar-refractivity contribution < 1.29 is 29.0 Å². The molecule has 31 heavy (non-hydrogen) atoms. The van der Waals surface area contributed by atoms with Crippen LogP contribution < -0.4 is 0 Å². The second-order valence-electron chi connectivity index (χ2n) is 11.1. The highest BCUT2D eigenvalue weighted by atomic mass is 16.5.